The second-order valence-corrected chi connectivity index (χ2v) is 8.23. The summed E-state index contributed by atoms with van der Waals surface area (Å²) in [7, 11) is 0. The maximum Gasteiger partial charge on any atom is 0.490 e. The van der Waals surface area contributed by atoms with Gasteiger partial charge >= 0.3 is 18.1 Å². The van der Waals surface area contributed by atoms with Gasteiger partial charge in [0.1, 0.15) is 6.33 Å². The maximum atomic E-state index is 12.4. The van der Waals surface area contributed by atoms with Gasteiger partial charge in [-0.25, -0.2) is 14.6 Å². The number of hydrogen-bond donors (Lipinski definition) is 1. The second-order valence-electron chi connectivity index (χ2n) is 8.23. The third kappa shape index (κ3) is 5.93. The van der Waals surface area contributed by atoms with Crippen molar-refractivity contribution in [3.05, 3.63) is 59.4 Å². The number of likely N-dealkylation sites (tertiary alicyclic amines) is 1. The lowest BCUT2D eigenvalue weighted by atomic mass is 10.0. The molecular weight excluding hydrogens is 451 g/mol. The number of imidazole rings is 1. The van der Waals surface area contributed by atoms with Crippen LogP contribution in [0.4, 0.5) is 13.2 Å². The molecule has 182 valence electrons. The molecule has 0 aliphatic carbocycles. The Balaban J connectivity index is 0.000000406. The van der Waals surface area contributed by atoms with Crippen LogP contribution in [0.3, 0.4) is 0 Å². The maximum absolute atomic E-state index is 12.4. The minimum Gasteiger partial charge on any atom is -0.475 e. The van der Waals surface area contributed by atoms with Gasteiger partial charge in [0.05, 0.1) is 28.9 Å². The molecule has 0 amide bonds. The van der Waals surface area contributed by atoms with Crippen LogP contribution in [0.1, 0.15) is 28.4 Å². The lowest BCUT2D eigenvalue weighted by molar-refractivity contribution is -0.192. The van der Waals surface area contributed by atoms with Gasteiger partial charge in [0.25, 0.3) is 0 Å². The van der Waals surface area contributed by atoms with Crippen LogP contribution in [0.25, 0.3) is 16.7 Å². The van der Waals surface area contributed by atoms with Gasteiger partial charge in [0.2, 0.25) is 0 Å². The number of carbonyl (C=O) groups is 2. The molecule has 2 heterocycles. The SMILES string of the molecule is CCN1CC(COC(=O)c2ccc3c(c2)ncn3-c2cc(C)ccc2C)C1.O=C(O)C(F)(F)F. The molecule has 0 bridgehead atoms. The Morgan fingerprint density at radius 2 is 1.82 bits per heavy atom. The number of nitrogens with zero attached hydrogens (tertiary/aromatic N) is 3. The van der Waals surface area contributed by atoms with E-state index in [4.69, 9.17) is 14.6 Å². The first-order valence-corrected chi connectivity index (χ1v) is 10.7. The van der Waals surface area contributed by atoms with Gasteiger partial charge in [-0.3, -0.25) is 4.57 Å². The Kier molecular flexibility index (Phi) is 7.61. The van der Waals surface area contributed by atoms with Gasteiger partial charge in [-0.15, -0.1) is 0 Å². The van der Waals surface area contributed by atoms with E-state index in [2.05, 4.69) is 53.4 Å². The zero-order valence-electron chi connectivity index (χ0n) is 19.1. The highest BCUT2D eigenvalue weighted by atomic mass is 19.4. The molecule has 1 aromatic heterocycles. The zero-order valence-corrected chi connectivity index (χ0v) is 19.1. The molecule has 1 N–H and O–H groups in total. The topological polar surface area (TPSA) is 84.7 Å². The summed E-state index contributed by atoms with van der Waals surface area (Å²) in [5.41, 5.74) is 5.84. The molecule has 0 unspecified atom stereocenters. The first-order valence-electron chi connectivity index (χ1n) is 10.7. The van der Waals surface area contributed by atoms with Gasteiger partial charge in [-0.05, 0) is 55.8 Å². The number of fused-ring (bicyclic) bond motifs is 1. The second kappa shape index (κ2) is 10.3. The number of hydrogen-bond acceptors (Lipinski definition) is 5. The van der Waals surface area contributed by atoms with Gasteiger partial charge < -0.3 is 14.7 Å². The summed E-state index contributed by atoms with van der Waals surface area (Å²) >= 11 is 0. The normalized spacial score (nSPS) is 14.3. The number of carboxylic acid groups (broad SMARTS) is 1. The fourth-order valence-corrected chi connectivity index (χ4v) is 3.63. The first kappa shape index (κ1) is 25.2. The minimum atomic E-state index is -5.08. The number of rotatable bonds is 5. The van der Waals surface area contributed by atoms with E-state index in [0.717, 1.165) is 36.4 Å². The van der Waals surface area contributed by atoms with Gasteiger partial charge in [-0.2, -0.15) is 13.2 Å². The summed E-state index contributed by atoms with van der Waals surface area (Å²) in [4.78, 5) is 28.1. The number of alkyl halides is 3. The summed E-state index contributed by atoms with van der Waals surface area (Å²) in [6.07, 6.45) is -3.27. The summed E-state index contributed by atoms with van der Waals surface area (Å²) in [6, 6.07) is 12.0. The molecule has 0 radical (unpaired) electrons. The Labute approximate surface area is 194 Å². The molecule has 0 spiro atoms. The van der Waals surface area contributed by atoms with Crippen LogP contribution in [0.2, 0.25) is 0 Å². The largest absolute Gasteiger partial charge is 0.490 e. The summed E-state index contributed by atoms with van der Waals surface area (Å²) in [5.74, 6) is -2.57. The molecule has 1 aliphatic rings. The van der Waals surface area contributed by atoms with Crippen molar-refractivity contribution >= 4 is 23.0 Å². The van der Waals surface area contributed by atoms with Crippen LogP contribution < -0.4 is 0 Å². The number of carboxylic acids is 1. The van der Waals surface area contributed by atoms with Crippen LogP contribution in [0.15, 0.2) is 42.7 Å². The summed E-state index contributed by atoms with van der Waals surface area (Å²) < 4.78 is 39.3. The number of aromatic nitrogens is 2. The first-order chi connectivity index (χ1) is 16.0. The molecule has 1 saturated heterocycles. The zero-order chi connectivity index (χ0) is 25.0. The number of esters is 1. The minimum absolute atomic E-state index is 0.270. The molecule has 10 heteroatoms. The third-order valence-electron chi connectivity index (χ3n) is 5.58. The highest BCUT2D eigenvalue weighted by Crippen LogP contribution is 2.23. The van der Waals surface area contributed by atoms with Crippen molar-refractivity contribution in [2.24, 2.45) is 5.92 Å². The highest BCUT2D eigenvalue weighted by molar-refractivity contribution is 5.94. The number of halogens is 3. The fourth-order valence-electron chi connectivity index (χ4n) is 3.63. The van der Waals surface area contributed by atoms with Crippen LogP contribution in [-0.4, -0.2) is 63.9 Å². The van der Waals surface area contributed by atoms with Crippen molar-refractivity contribution in [3.63, 3.8) is 0 Å². The molecule has 7 nitrogen and oxygen atoms in total. The monoisotopic (exact) mass is 477 g/mol. The van der Waals surface area contributed by atoms with Crippen LogP contribution in [-0.2, 0) is 9.53 Å². The number of carbonyl (C=O) groups excluding carboxylic acids is 1. The van der Waals surface area contributed by atoms with E-state index in [9.17, 15) is 18.0 Å². The summed E-state index contributed by atoms with van der Waals surface area (Å²) in [6.45, 7) is 9.90. The average molecular weight is 477 g/mol. The van der Waals surface area contributed by atoms with Crippen molar-refractivity contribution in [1.82, 2.24) is 14.5 Å². The number of aliphatic carboxylic acids is 1. The van der Waals surface area contributed by atoms with E-state index in [-0.39, 0.29) is 5.97 Å². The molecule has 0 saturated carbocycles. The average Bonchev–Trinajstić information content (AvgIpc) is 3.17. The Bertz CT molecular complexity index is 1180. The van der Waals surface area contributed by atoms with Crippen LogP contribution in [0.5, 0.6) is 0 Å². The van der Waals surface area contributed by atoms with E-state index < -0.39 is 12.1 Å². The quantitative estimate of drug-likeness (QED) is 0.549. The molecule has 1 aliphatic heterocycles. The van der Waals surface area contributed by atoms with E-state index in [1.165, 1.54) is 11.1 Å². The number of benzene rings is 2. The van der Waals surface area contributed by atoms with Gasteiger partial charge in [0, 0.05) is 19.0 Å². The third-order valence-corrected chi connectivity index (χ3v) is 5.58. The predicted octanol–water partition coefficient (Wildman–Crippen LogP) is 4.38. The van der Waals surface area contributed by atoms with Crippen molar-refractivity contribution in [2.45, 2.75) is 26.9 Å². The Morgan fingerprint density at radius 1 is 1.15 bits per heavy atom. The lowest BCUT2D eigenvalue weighted by Crippen LogP contribution is -2.48. The number of aryl methyl sites for hydroxylation is 2. The van der Waals surface area contributed by atoms with Crippen molar-refractivity contribution < 1.29 is 32.6 Å². The van der Waals surface area contributed by atoms with Crippen molar-refractivity contribution in [3.8, 4) is 5.69 Å². The van der Waals surface area contributed by atoms with Gasteiger partial charge in [0.15, 0.2) is 0 Å². The van der Waals surface area contributed by atoms with E-state index in [1.807, 2.05) is 24.5 Å². The fraction of sp³-hybridized carbons (Fsp3) is 0.375. The molecule has 3 aromatic rings. The Hall–Kier alpha value is -3.40. The summed E-state index contributed by atoms with van der Waals surface area (Å²) in [5, 5.41) is 7.12. The Morgan fingerprint density at radius 3 is 2.44 bits per heavy atom. The molecular formula is C24H26F3N3O4. The van der Waals surface area contributed by atoms with E-state index in [0.29, 0.717) is 18.1 Å². The number of ether oxygens (including phenoxy) is 1. The molecule has 4 rings (SSSR count). The highest BCUT2D eigenvalue weighted by Gasteiger charge is 2.38. The van der Waals surface area contributed by atoms with Crippen LogP contribution in [0, 0.1) is 19.8 Å². The van der Waals surface area contributed by atoms with Gasteiger partial charge in [-0.1, -0.05) is 19.1 Å². The predicted molar refractivity (Wildman–Crippen MR) is 120 cm³/mol. The standard InChI is InChI=1S/C22H25N3O2.C2HF3O2/c1-4-24-11-17(12-24)13-27-22(26)18-7-8-20-19(10-18)23-14-25(20)21-9-15(2)5-6-16(21)3;3-2(4,5)1(6)7/h5-10,14,17H,4,11-13H2,1-3H3;(H,6,7). The lowest BCUT2D eigenvalue weighted by Gasteiger charge is -2.37. The molecule has 2 aromatic carbocycles. The molecule has 0 atom stereocenters. The smallest absolute Gasteiger partial charge is 0.475 e. The molecule has 1 fully saturated rings. The van der Waals surface area contributed by atoms with E-state index in [1.54, 1.807) is 0 Å². The van der Waals surface area contributed by atoms with Crippen molar-refractivity contribution in [2.75, 3.05) is 26.2 Å². The van der Waals surface area contributed by atoms with E-state index >= 15 is 0 Å². The molecule has 34 heavy (non-hydrogen) atoms. The van der Waals surface area contributed by atoms with Crippen molar-refractivity contribution in [1.29, 1.82) is 0 Å². The van der Waals surface area contributed by atoms with Crippen LogP contribution >= 0.6 is 0 Å².